The molecule has 90 valence electrons. The molecule has 0 bridgehead atoms. The van der Waals surface area contributed by atoms with Gasteiger partial charge in [-0.15, -0.1) is 0 Å². The number of aryl methyl sites for hydroxylation is 1. The van der Waals surface area contributed by atoms with Crippen LogP contribution < -0.4 is 5.32 Å². The minimum Gasteiger partial charge on any atom is -0.312 e. The lowest BCUT2D eigenvalue weighted by Gasteiger charge is -2.24. The quantitative estimate of drug-likeness (QED) is 0.798. The second-order valence-corrected chi connectivity index (χ2v) is 5.22. The maximum atomic E-state index is 3.58. The summed E-state index contributed by atoms with van der Waals surface area (Å²) in [7, 11) is 0. The average Bonchev–Trinajstić information content (AvgIpc) is 2.20. The predicted octanol–water partition coefficient (Wildman–Crippen LogP) is 3.56. The summed E-state index contributed by atoms with van der Waals surface area (Å²) in [6, 6.07) is 9.82. The van der Waals surface area contributed by atoms with Gasteiger partial charge in [-0.2, -0.15) is 0 Å². The van der Waals surface area contributed by atoms with E-state index in [1.54, 1.807) is 0 Å². The van der Waals surface area contributed by atoms with Gasteiger partial charge in [-0.25, -0.2) is 0 Å². The Labute approximate surface area is 100 Å². The third-order valence-corrected chi connectivity index (χ3v) is 3.25. The molecule has 16 heavy (non-hydrogen) atoms. The van der Waals surface area contributed by atoms with Crippen molar-refractivity contribution >= 4 is 0 Å². The van der Waals surface area contributed by atoms with E-state index in [4.69, 9.17) is 0 Å². The minimum absolute atomic E-state index is 0.564. The Balaban J connectivity index is 2.57. The summed E-state index contributed by atoms with van der Waals surface area (Å²) < 4.78 is 0. The van der Waals surface area contributed by atoms with Crippen LogP contribution in [0.25, 0.3) is 0 Å². The fourth-order valence-electron chi connectivity index (χ4n) is 2.05. The molecule has 0 aliphatic heterocycles. The number of hydrogen-bond donors (Lipinski definition) is 1. The Bertz CT molecular complexity index is 317. The van der Waals surface area contributed by atoms with Crippen molar-refractivity contribution in [3.8, 4) is 0 Å². The molecule has 2 unspecified atom stereocenters. The minimum atomic E-state index is 0.564. The van der Waals surface area contributed by atoms with Crippen LogP contribution in [0.15, 0.2) is 24.3 Å². The van der Waals surface area contributed by atoms with Gasteiger partial charge >= 0.3 is 0 Å². The van der Waals surface area contributed by atoms with Crippen LogP contribution in [-0.2, 0) is 6.42 Å². The summed E-state index contributed by atoms with van der Waals surface area (Å²) in [5.74, 6) is 0.670. The Morgan fingerprint density at radius 1 is 1.06 bits per heavy atom. The first kappa shape index (κ1) is 13.2. The van der Waals surface area contributed by atoms with Crippen LogP contribution in [0.5, 0.6) is 0 Å². The topological polar surface area (TPSA) is 12.0 Å². The van der Waals surface area contributed by atoms with E-state index in [2.05, 4.69) is 64.2 Å². The number of rotatable bonds is 5. The second-order valence-electron chi connectivity index (χ2n) is 5.22. The fourth-order valence-corrected chi connectivity index (χ4v) is 2.05. The highest BCUT2D eigenvalue weighted by molar-refractivity contribution is 5.26. The van der Waals surface area contributed by atoms with Gasteiger partial charge in [0.2, 0.25) is 0 Å². The molecule has 1 N–H and O–H groups in total. The molecule has 1 heteroatoms. The van der Waals surface area contributed by atoms with Gasteiger partial charge in [-0.05, 0) is 37.3 Å². The molecule has 0 heterocycles. The van der Waals surface area contributed by atoms with Crippen molar-refractivity contribution in [1.82, 2.24) is 5.32 Å². The third kappa shape index (κ3) is 3.97. The maximum Gasteiger partial charge on any atom is 0.00698 e. The normalized spacial score (nSPS) is 15.1. The molecule has 0 saturated carbocycles. The summed E-state index contributed by atoms with van der Waals surface area (Å²) in [6.45, 7) is 11.2. The van der Waals surface area contributed by atoms with Crippen molar-refractivity contribution in [1.29, 1.82) is 0 Å². The molecule has 0 fully saturated rings. The van der Waals surface area contributed by atoms with Crippen molar-refractivity contribution in [2.75, 3.05) is 0 Å². The Hall–Kier alpha value is -0.820. The third-order valence-electron chi connectivity index (χ3n) is 3.25. The van der Waals surface area contributed by atoms with Gasteiger partial charge in [0.05, 0.1) is 0 Å². The van der Waals surface area contributed by atoms with Gasteiger partial charge in [-0.3, -0.25) is 0 Å². The molecule has 1 aromatic carbocycles. The van der Waals surface area contributed by atoms with Crippen molar-refractivity contribution in [2.45, 2.75) is 53.1 Å². The standard InChI is InChI=1S/C15H25N/c1-11(2)16-14(5)13(4)10-15-9-7-6-8-12(15)3/h6-9,11,13-14,16H,10H2,1-5H3. The van der Waals surface area contributed by atoms with E-state index in [9.17, 15) is 0 Å². The first-order valence-electron chi connectivity index (χ1n) is 6.31. The first-order chi connectivity index (χ1) is 7.50. The van der Waals surface area contributed by atoms with Crippen LogP contribution in [0.1, 0.15) is 38.8 Å². The summed E-state index contributed by atoms with van der Waals surface area (Å²) >= 11 is 0. The molecular weight excluding hydrogens is 194 g/mol. The van der Waals surface area contributed by atoms with Crippen molar-refractivity contribution in [3.05, 3.63) is 35.4 Å². The van der Waals surface area contributed by atoms with Crippen molar-refractivity contribution in [2.24, 2.45) is 5.92 Å². The van der Waals surface area contributed by atoms with Gasteiger partial charge in [-0.1, -0.05) is 45.0 Å². The highest BCUT2D eigenvalue weighted by atomic mass is 14.9. The van der Waals surface area contributed by atoms with Gasteiger partial charge in [0.25, 0.3) is 0 Å². The molecule has 1 nitrogen and oxygen atoms in total. The average molecular weight is 219 g/mol. The first-order valence-corrected chi connectivity index (χ1v) is 6.31. The zero-order valence-electron chi connectivity index (χ0n) is 11.2. The second kappa shape index (κ2) is 6.05. The van der Waals surface area contributed by atoms with Crippen LogP contribution in [0.4, 0.5) is 0 Å². The molecule has 0 aliphatic rings. The van der Waals surface area contributed by atoms with Gasteiger partial charge < -0.3 is 5.32 Å². The lowest BCUT2D eigenvalue weighted by Crippen LogP contribution is -2.37. The Kier molecular flexibility index (Phi) is 5.01. The van der Waals surface area contributed by atoms with E-state index in [-0.39, 0.29) is 0 Å². The summed E-state index contributed by atoms with van der Waals surface area (Å²) in [4.78, 5) is 0. The lowest BCUT2D eigenvalue weighted by molar-refractivity contribution is 0.371. The molecule has 0 amide bonds. The molecule has 0 radical (unpaired) electrons. The van der Waals surface area contributed by atoms with E-state index >= 15 is 0 Å². The van der Waals surface area contributed by atoms with Crippen LogP contribution in [0.2, 0.25) is 0 Å². The summed E-state index contributed by atoms with van der Waals surface area (Å²) in [5.41, 5.74) is 2.89. The molecule has 0 saturated heterocycles. The van der Waals surface area contributed by atoms with Crippen molar-refractivity contribution < 1.29 is 0 Å². The van der Waals surface area contributed by atoms with Crippen LogP contribution >= 0.6 is 0 Å². The predicted molar refractivity (Wildman–Crippen MR) is 71.8 cm³/mol. The van der Waals surface area contributed by atoms with E-state index in [0.29, 0.717) is 18.0 Å². The van der Waals surface area contributed by atoms with E-state index in [1.807, 2.05) is 0 Å². The largest absolute Gasteiger partial charge is 0.312 e. The fraction of sp³-hybridized carbons (Fsp3) is 0.600. The summed E-state index contributed by atoms with van der Waals surface area (Å²) in [5, 5.41) is 3.58. The van der Waals surface area contributed by atoms with Gasteiger partial charge in [0.1, 0.15) is 0 Å². The number of hydrogen-bond acceptors (Lipinski definition) is 1. The van der Waals surface area contributed by atoms with Crippen LogP contribution in [0, 0.1) is 12.8 Å². The highest BCUT2D eigenvalue weighted by Crippen LogP contribution is 2.15. The molecular formula is C15H25N. The zero-order valence-corrected chi connectivity index (χ0v) is 11.2. The number of benzene rings is 1. The van der Waals surface area contributed by atoms with Crippen LogP contribution in [-0.4, -0.2) is 12.1 Å². The van der Waals surface area contributed by atoms with E-state index in [1.165, 1.54) is 11.1 Å². The van der Waals surface area contributed by atoms with Crippen molar-refractivity contribution in [3.63, 3.8) is 0 Å². The molecule has 1 aromatic rings. The molecule has 2 atom stereocenters. The molecule has 0 spiro atoms. The SMILES string of the molecule is Cc1ccccc1CC(C)C(C)NC(C)C. The smallest absolute Gasteiger partial charge is 0.00698 e. The number of nitrogens with one attached hydrogen (secondary N) is 1. The van der Waals surface area contributed by atoms with Gasteiger partial charge in [0.15, 0.2) is 0 Å². The Morgan fingerprint density at radius 2 is 1.69 bits per heavy atom. The molecule has 0 aromatic heterocycles. The maximum absolute atomic E-state index is 3.58. The monoisotopic (exact) mass is 219 g/mol. The summed E-state index contributed by atoms with van der Waals surface area (Å²) in [6.07, 6.45) is 1.16. The molecule has 0 aliphatic carbocycles. The lowest BCUT2D eigenvalue weighted by atomic mass is 9.92. The van der Waals surface area contributed by atoms with E-state index in [0.717, 1.165) is 6.42 Å². The van der Waals surface area contributed by atoms with E-state index < -0.39 is 0 Å². The van der Waals surface area contributed by atoms with Gasteiger partial charge in [0, 0.05) is 12.1 Å². The zero-order chi connectivity index (χ0) is 12.1. The van der Waals surface area contributed by atoms with Crippen LogP contribution in [0.3, 0.4) is 0 Å². The highest BCUT2D eigenvalue weighted by Gasteiger charge is 2.13. The molecule has 1 rings (SSSR count). The Morgan fingerprint density at radius 3 is 2.25 bits per heavy atom.